The first-order valence-corrected chi connectivity index (χ1v) is 5.47. The van der Waals surface area contributed by atoms with E-state index in [1.165, 1.54) is 12.8 Å². The molecule has 0 bridgehead atoms. The third-order valence-corrected chi connectivity index (χ3v) is 2.58. The summed E-state index contributed by atoms with van der Waals surface area (Å²) in [4.78, 5) is 2.12. The Balaban J connectivity index is 2.25. The quantitative estimate of drug-likeness (QED) is 0.539. The molecule has 0 amide bonds. The molecule has 4 nitrogen and oxygen atoms in total. The van der Waals surface area contributed by atoms with Crippen molar-refractivity contribution >= 4 is 0 Å². The Hall–Kier alpha value is -0.160. The number of aliphatic hydroxyl groups excluding tert-OH is 2. The van der Waals surface area contributed by atoms with Crippen LogP contribution in [0.2, 0.25) is 0 Å². The van der Waals surface area contributed by atoms with Gasteiger partial charge in [-0.15, -0.1) is 0 Å². The van der Waals surface area contributed by atoms with Crippen molar-refractivity contribution in [1.82, 2.24) is 10.2 Å². The van der Waals surface area contributed by atoms with Crippen LogP contribution in [-0.4, -0.2) is 60.0 Å². The lowest BCUT2D eigenvalue weighted by Crippen LogP contribution is -2.42. The Kier molecular flexibility index (Phi) is 5.40. The minimum atomic E-state index is -0.317. The predicted molar refractivity (Wildman–Crippen MR) is 56.2 cm³/mol. The van der Waals surface area contributed by atoms with Gasteiger partial charge >= 0.3 is 0 Å². The molecule has 14 heavy (non-hydrogen) atoms. The van der Waals surface area contributed by atoms with Gasteiger partial charge in [0.25, 0.3) is 0 Å². The molecule has 2 atom stereocenters. The number of hydrogen-bond donors (Lipinski definition) is 3. The van der Waals surface area contributed by atoms with Crippen molar-refractivity contribution in [3.63, 3.8) is 0 Å². The highest BCUT2D eigenvalue weighted by Crippen LogP contribution is 2.07. The van der Waals surface area contributed by atoms with E-state index in [2.05, 4.69) is 10.2 Å². The van der Waals surface area contributed by atoms with Crippen LogP contribution in [-0.2, 0) is 0 Å². The molecule has 0 aromatic rings. The Bertz CT molecular complexity index is 147. The van der Waals surface area contributed by atoms with Gasteiger partial charge in [-0.05, 0) is 26.3 Å². The molecule has 0 aromatic carbocycles. The first-order valence-electron chi connectivity index (χ1n) is 5.47. The second kappa shape index (κ2) is 6.35. The Morgan fingerprint density at radius 1 is 1.57 bits per heavy atom. The first-order chi connectivity index (χ1) is 6.72. The molecule has 0 aromatic heterocycles. The van der Waals surface area contributed by atoms with E-state index in [4.69, 9.17) is 5.11 Å². The van der Waals surface area contributed by atoms with Gasteiger partial charge in [0.05, 0.1) is 12.7 Å². The lowest BCUT2D eigenvalue weighted by Gasteiger charge is -2.25. The number of aliphatic hydroxyl groups is 2. The molecule has 1 saturated heterocycles. The van der Waals surface area contributed by atoms with Crippen LogP contribution in [0.1, 0.15) is 19.8 Å². The van der Waals surface area contributed by atoms with Gasteiger partial charge < -0.3 is 15.5 Å². The van der Waals surface area contributed by atoms with Gasteiger partial charge in [-0.25, -0.2) is 0 Å². The lowest BCUT2D eigenvalue weighted by molar-refractivity contribution is 0.106. The van der Waals surface area contributed by atoms with Crippen molar-refractivity contribution in [2.45, 2.75) is 31.9 Å². The fourth-order valence-corrected chi connectivity index (χ4v) is 2.00. The third-order valence-electron chi connectivity index (χ3n) is 2.58. The number of hydrogen-bond acceptors (Lipinski definition) is 4. The molecule has 0 saturated carbocycles. The van der Waals surface area contributed by atoms with Crippen molar-refractivity contribution < 1.29 is 10.2 Å². The first kappa shape index (κ1) is 11.9. The van der Waals surface area contributed by atoms with Gasteiger partial charge in [-0.2, -0.15) is 0 Å². The highest BCUT2D eigenvalue weighted by atomic mass is 16.3. The van der Waals surface area contributed by atoms with Gasteiger partial charge in [-0.3, -0.25) is 4.90 Å². The fourth-order valence-electron chi connectivity index (χ4n) is 2.00. The van der Waals surface area contributed by atoms with Gasteiger partial charge in [0.15, 0.2) is 0 Å². The van der Waals surface area contributed by atoms with E-state index in [1.807, 2.05) is 0 Å². The maximum absolute atomic E-state index is 9.28. The van der Waals surface area contributed by atoms with Crippen molar-refractivity contribution in [2.24, 2.45) is 0 Å². The fraction of sp³-hybridized carbons (Fsp3) is 1.00. The van der Waals surface area contributed by atoms with Gasteiger partial charge in [0.2, 0.25) is 0 Å². The minimum Gasteiger partial charge on any atom is -0.395 e. The Morgan fingerprint density at radius 2 is 2.36 bits per heavy atom. The summed E-state index contributed by atoms with van der Waals surface area (Å²) in [5.74, 6) is 0. The molecule has 2 unspecified atom stereocenters. The average Bonchev–Trinajstić information content (AvgIpc) is 2.56. The average molecular weight is 202 g/mol. The SMILES string of the molecule is CC(O)CN(CCO)CC1CCCN1. The van der Waals surface area contributed by atoms with Crippen LogP contribution in [0.25, 0.3) is 0 Å². The maximum Gasteiger partial charge on any atom is 0.0639 e. The van der Waals surface area contributed by atoms with Crippen LogP contribution in [0, 0.1) is 0 Å². The second-order valence-corrected chi connectivity index (χ2v) is 4.13. The molecule has 0 spiro atoms. The topological polar surface area (TPSA) is 55.7 Å². The number of nitrogens with one attached hydrogen (secondary N) is 1. The van der Waals surface area contributed by atoms with Crippen LogP contribution in [0.4, 0.5) is 0 Å². The highest BCUT2D eigenvalue weighted by molar-refractivity contribution is 4.78. The van der Waals surface area contributed by atoms with E-state index in [0.29, 0.717) is 19.1 Å². The molecular formula is C10H22N2O2. The van der Waals surface area contributed by atoms with Crippen LogP contribution in [0.3, 0.4) is 0 Å². The van der Waals surface area contributed by atoms with E-state index < -0.39 is 0 Å². The van der Waals surface area contributed by atoms with Gasteiger partial charge in [0, 0.05) is 25.7 Å². The smallest absolute Gasteiger partial charge is 0.0639 e. The second-order valence-electron chi connectivity index (χ2n) is 4.13. The number of rotatable bonds is 6. The normalized spacial score (nSPS) is 24.4. The van der Waals surface area contributed by atoms with E-state index in [9.17, 15) is 5.11 Å². The maximum atomic E-state index is 9.28. The molecule has 0 aliphatic carbocycles. The molecule has 1 aliphatic rings. The lowest BCUT2D eigenvalue weighted by atomic mass is 10.2. The molecule has 0 radical (unpaired) electrons. The van der Waals surface area contributed by atoms with Gasteiger partial charge in [-0.1, -0.05) is 0 Å². The summed E-state index contributed by atoms with van der Waals surface area (Å²) in [5, 5.41) is 21.6. The molecule has 1 rings (SSSR count). The Morgan fingerprint density at radius 3 is 2.86 bits per heavy atom. The molecular weight excluding hydrogens is 180 g/mol. The third kappa shape index (κ3) is 4.37. The highest BCUT2D eigenvalue weighted by Gasteiger charge is 2.18. The predicted octanol–water partition coefficient (Wildman–Crippen LogP) is -0.586. The molecule has 3 N–H and O–H groups in total. The summed E-state index contributed by atoms with van der Waals surface area (Å²) in [6, 6.07) is 0.542. The van der Waals surface area contributed by atoms with Crippen LogP contribution < -0.4 is 5.32 Å². The summed E-state index contributed by atoms with van der Waals surface area (Å²) >= 11 is 0. The summed E-state index contributed by atoms with van der Waals surface area (Å²) in [7, 11) is 0. The van der Waals surface area contributed by atoms with Crippen LogP contribution in [0.15, 0.2) is 0 Å². The van der Waals surface area contributed by atoms with Crippen molar-refractivity contribution in [1.29, 1.82) is 0 Å². The summed E-state index contributed by atoms with van der Waals surface area (Å²) in [6.45, 7) is 5.30. The Labute approximate surface area is 85.9 Å². The molecule has 4 heteroatoms. The number of nitrogens with zero attached hydrogens (tertiary/aromatic N) is 1. The van der Waals surface area contributed by atoms with Crippen LogP contribution >= 0.6 is 0 Å². The largest absolute Gasteiger partial charge is 0.395 e. The molecule has 1 heterocycles. The zero-order valence-corrected chi connectivity index (χ0v) is 8.95. The van der Waals surface area contributed by atoms with E-state index >= 15 is 0 Å². The van der Waals surface area contributed by atoms with Crippen LogP contribution in [0.5, 0.6) is 0 Å². The monoisotopic (exact) mass is 202 g/mol. The molecule has 1 aliphatic heterocycles. The van der Waals surface area contributed by atoms with Crippen molar-refractivity contribution in [3.05, 3.63) is 0 Å². The summed E-state index contributed by atoms with van der Waals surface area (Å²) < 4.78 is 0. The van der Waals surface area contributed by atoms with Crippen molar-refractivity contribution in [3.8, 4) is 0 Å². The minimum absolute atomic E-state index is 0.166. The van der Waals surface area contributed by atoms with Gasteiger partial charge in [0.1, 0.15) is 0 Å². The molecule has 1 fully saturated rings. The standard InChI is InChI=1S/C10H22N2O2/c1-9(14)7-12(5-6-13)8-10-3-2-4-11-10/h9-11,13-14H,2-8H2,1H3. The molecule has 84 valence electrons. The summed E-state index contributed by atoms with van der Waals surface area (Å²) in [5.41, 5.74) is 0. The zero-order chi connectivity index (χ0) is 10.4. The van der Waals surface area contributed by atoms with Crippen molar-refractivity contribution in [2.75, 3.05) is 32.8 Å². The zero-order valence-electron chi connectivity index (χ0n) is 8.95. The van der Waals surface area contributed by atoms with E-state index in [-0.39, 0.29) is 12.7 Å². The summed E-state index contributed by atoms with van der Waals surface area (Å²) in [6.07, 6.45) is 2.14. The van der Waals surface area contributed by atoms with E-state index in [0.717, 1.165) is 13.1 Å². The van der Waals surface area contributed by atoms with E-state index in [1.54, 1.807) is 6.92 Å².